The monoisotopic (exact) mass is 830 g/mol. The van der Waals surface area contributed by atoms with E-state index in [0.717, 1.165) is 31.2 Å². The van der Waals surface area contributed by atoms with Crippen molar-refractivity contribution in [3.05, 3.63) is 107 Å². The van der Waals surface area contributed by atoms with Crippen molar-refractivity contribution in [3.63, 3.8) is 0 Å². The number of unbranched alkanes of at least 4 members (excludes halogenated alkanes) is 11. The molecule has 2 heterocycles. The van der Waals surface area contributed by atoms with Gasteiger partial charge < -0.3 is 25.8 Å². The van der Waals surface area contributed by atoms with Gasteiger partial charge in [0.05, 0.1) is 11.8 Å². The minimum Gasteiger partial charge on any atom is -0.355 e. The van der Waals surface area contributed by atoms with Crippen LogP contribution in [0.3, 0.4) is 0 Å². The molecule has 2 aliphatic carbocycles. The zero-order valence-corrected chi connectivity index (χ0v) is 36.2. The van der Waals surface area contributed by atoms with E-state index in [1.807, 2.05) is 48.5 Å². The molecule has 1 unspecified atom stereocenters. The van der Waals surface area contributed by atoms with Gasteiger partial charge in [-0.15, -0.1) is 0 Å². The summed E-state index contributed by atoms with van der Waals surface area (Å²) >= 11 is 0. The zero-order chi connectivity index (χ0) is 42.6. The first kappa shape index (κ1) is 44.1. The van der Waals surface area contributed by atoms with Crippen LogP contribution in [0.25, 0.3) is 0 Å². The van der Waals surface area contributed by atoms with Crippen molar-refractivity contribution in [2.24, 2.45) is 17.8 Å². The van der Waals surface area contributed by atoms with Crippen molar-refractivity contribution in [1.82, 2.24) is 25.8 Å². The summed E-state index contributed by atoms with van der Waals surface area (Å²) in [6, 6.07) is 27.5. The lowest BCUT2D eigenvalue weighted by Gasteiger charge is -2.18. The molecule has 3 aromatic carbocycles. The van der Waals surface area contributed by atoms with Gasteiger partial charge in [-0.3, -0.25) is 24.0 Å². The number of benzene rings is 3. The number of rotatable bonds is 23. The molecule has 326 valence electrons. The highest BCUT2D eigenvalue weighted by molar-refractivity contribution is 6.01. The summed E-state index contributed by atoms with van der Waals surface area (Å²) in [6.07, 6.45) is 17.4. The lowest BCUT2D eigenvalue weighted by atomic mass is 9.94. The third-order valence-electron chi connectivity index (χ3n) is 13.5. The lowest BCUT2D eigenvalue weighted by molar-refractivity contribution is -0.138. The second kappa shape index (κ2) is 21.7. The van der Waals surface area contributed by atoms with Crippen LogP contribution in [-0.4, -0.2) is 77.6 Å². The summed E-state index contributed by atoms with van der Waals surface area (Å²) in [5.41, 5.74) is 3.71. The fraction of sp³-hybridized carbons (Fsp3) is 0.549. The quantitative estimate of drug-likeness (QED) is 0.0662. The van der Waals surface area contributed by atoms with Gasteiger partial charge in [0.2, 0.25) is 23.6 Å². The van der Waals surface area contributed by atoms with Crippen molar-refractivity contribution < 1.29 is 24.0 Å². The first-order valence-corrected chi connectivity index (χ1v) is 23.5. The van der Waals surface area contributed by atoms with Crippen LogP contribution in [0.4, 0.5) is 0 Å². The number of nitrogens with one attached hydrogen (secondary N) is 3. The van der Waals surface area contributed by atoms with Crippen molar-refractivity contribution in [2.45, 2.75) is 134 Å². The summed E-state index contributed by atoms with van der Waals surface area (Å²) in [7, 11) is 0. The molecule has 0 aromatic heterocycles. The Morgan fingerprint density at radius 2 is 1.10 bits per heavy atom. The fourth-order valence-electron chi connectivity index (χ4n) is 9.52. The number of carbonyl (C=O) groups excluding carboxylic acids is 5. The van der Waals surface area contributed by atoms with E-state index >= 15 is 0 Å². The SMILES string of the molecule is CCCCCCCCCCCCCCNC(=O)C1CCN(Cc2ccc(C(=O)N3C[C@@H](C(=O)N[C@H]4C[C@@H]4c4ccccc4)[C@H](C(=O)N[C@H]4C[C@@H]4c4ccccc4)C3)cc2)C1=O. The average Bonchev–Trinajstić information content (AvgIpc) is 4.15. The molecule has 4 aliphatic rings. The highest BCUT2D eigenvalue weighted by Crippen LogP contribution is 2.42. The molecule has 5 amide bonds. The largest absolute Gasteiger partial charge is 0.355 e. The van der Waals surface area contributed by atoms with Gasteiger partial charge in [0.15, 0.2) is 0 Å². The van der Waals surface area contributed by atoms with Crippen LogP contribution in [0.15, 0.2) is 84.9 Å². The first-order chi connectivity index (χ1) is 29.8. The third-order valence-corrected chi connectivity index (χ3v) is 13.5. The van der Waals surface area contributed by atoms with Gasteiger partial charge in [-0.2, -0.15) is 0 Å². The number of likely N-dealkylation sites (tertiary alicyclic amines) is 2. The van der Waals surface area contributed by atoms with Crippen molar-refractivity contribution in [1.29, 1.82) is 0 Å². The zero-order valence-electron chi connectivity index (χ0n) is 36.2. The topological polar surface area (TPSA) is 128 Å². The molecule has 10 nitrogen and oxygen atoms in total. The number of amides is 5. The first-order valence-electron chi connectivity index (χ1n) is 23.5. The van der Waals surface area contributed by atoms with Crippen LogP contribution in [-0.2, 0) is 25.7 Å². The van der Waals surface area contributed by atoms with Crippen LogP contribution in [0.5, 0.6) is 0 Å². The Bertz CT molecular complexity index is 1850. The molecule has 0 spiro atoms. The van der Waals surface area contributed by atoms with E-state index in [9.17, 15) is 24.0 Å². The number of nitrogens with zero attached hydrogens (tertiary/aromatic N) is 2. The van der Waals surface area contributed by atoms with Crippen LogP contribution >= 0.6 is 0 Å². The normalized spacial score (nSPS) is 24.1. The minimum atomic E-state index is -0.662. The van der Waals surface area contributed by atoms with E-state index in [0.29, 0.717) is 31.6 Å². The van der Waals surface area contributed by atoms with Crippen LogP contribution in [0, 0.1) is 17.8 Å². The summed E-state index contributed by atoms with van der Waals surface area (Å²) < 4.78 is 0. The molecule has 0 bridgehead atoms. The van der Waals surface area contributed by atoms with Gasteiger partial charge in [-0.25, -0.2) is 0 Å². The van der Waals surface area contributed by atoms with Crippen LogP contribution in [0.1, 0.15) is 142 Å². The molecule has 0 radical (unpaired) electrons. The van der Waals surface area contributed by atoms with Gasteiger partial charge in [0.25, 0.3) is 5.91 Å². The molecule has 10 heteroatoms. The molecule has 3 aromatic rings. The molecule has 2 saturated carbocycles. The molecular formula is C51H67N5O5. The Morgan fingerprint density at radius 1 is 0.607 bits per heavy atom. The van der Waals surface area contributed by atoms with Crippen molar-refractivity contribution in [3.8, 4) is 0 Å². The lowest BCUT2D eigenvalue weighted by Crippen LogP contribution is -2.43. The molecule has 3 N–H and O–H groups in total. The number of carbonyl (C=O) groups is 5. The van der Waals surface area contributed by atoms with E-state index in [4.69, 9.17) is 0 Å². The Balaban J connectivity index is 0.861. The Morgan fingerprint density at radius 3 is 1.61 bits per heavy atom. The second-order valence-electron chi connectivity index (χ2n) is 18.1. The van der Waals surface area contributed by atoms with E-state index < -0.39 is 17.8 Å². The summed E-state index contributed by atoms with van der Waals surface area (Å²) in [5, 5.41) is 9.41. The minimum absolute atomic E-state index is 0.0121. The van der Waals surface area contributed by atoms with Gasteiger partial charge >= 0.3 is 0 Å². The molecule has 7 atom stereocenters. The predicted molar refractivity (Wildman–Crippen MR) is 238 cm³/mol. The third kappa shape index (κ3) is 12.1. The Labute approximate surface area is 363 Å². The molecule has 2 saturated heterocycles. The maximum absolute atomic E-state index is 13.9. The van der Waals surface area contributed by atoms with Gasteiger partial charge in [0, 0.05) is 62.2 Å². The molecule has 61 heavy (non-hydrogen) atoms. The van der Waals surface area contributed by atoms with E-state index in [-0.39, 0.29) is 66.5 Å². The van der Waals surface area contributed by atoms with E-state index in [2.05, 4.69) is 47.1 Å². The van der Waals surface area contributed by atoms with E-state index in [1.54, 1.807) is 21.9 Å². The second-order valence-corrected chi connectivity index (χ2v) is 18.1. The van der Waals surface area contributed by atoms with Crippen LogP contribution in [0.2, 0.25) is 0 Å². The maximum atomic E-state index is 13.9. The van der Waals surface area contributed by atoms with E-state index in [1.165, 1.54) is 75.3 Å². The highest BCUT2D eigenvalue weighted by Gasteiger charge is 2.49. The Kier molecular flexibility index (Phi) is 15.7. The predicted octanol–water partition coefficient (Wildman–Crippen LogP) is 7.89. The van der Waals surface area contributed by atoms with Crippen molar-refractivity contribution in [2.75, 3.05) is 26.2 Å². The summed E-state index contributed by atoms with van der Waals surface area (Å²) in [5.74, 6) is -2.41. The molecule has 2 aliphatic heterocycles. The number of hydrogen-bond acceptors (Lipinski definition) is 5. The van der Waals surface area contributed by atoms with Crippen molar-refractivity contribution >= 4 is 29.5 Å². The van der Waals surface area contributed by atoms with Gasteiger partial charge in [-0.1, -0.05) is 150 Å². The maximum Gasteiger partial charge on any atom is 0.253 e. The molecular weight excluding hydrogens is 763 g/mol. The number of hydrogen-bond donors (Lipinski definition) is 3. The Hall–Kier alpha value is -4.99. The highest BCUT2D eigenvalue weighted by atomic mass is 16.2. The fourth-order valence-corrected chi connectivity index (χ4v) is 9.52. The molecule has 7 rings (SSSR count). The summed E-state index contributed by atoms with van der Waals surface area (Å²) in [6.45, 7) is 4.05. The standard InChI is InChI=1S/C51H67N5O5/c1-2-3-4-5-6-7-8-9-10-11-12-19-29-52-47(57)40-28-30-55(51(40)61)33-36-24-26-39(27-25-36)50(60)56-34-43(48(58)53-45-31-41(45)37-20-15-13-16-21-37)44(35-56)49(59)54-46-32-42(46)38-22-17-14-18-23-38/h13-18,20-27,40-46H,2-12,19,28-35H2,1H3,(H,52,57)(H,53,58)(H,54,59)/t40?,41-,42-,43-,44-,45+,46+/m1/s1. The average molecular weight is 830 g/mol. The van der Waals surface area contributed by atoms with Crippen LogP contribution < -0.4 is 16.0 Å². The van der Waals surface area contributed by atoms with Gasteiger partial charge in [-0.05, 0) is 54.5 Å². The van der Waals surface area contributed by atoms with Gasteiger partial charge in [0.1, 0.15) is 5.92 Å². The molecule has 4 fully saturated rings. The smallest absolute Gasteiger partial charge is 0.253 e. The summed E-state index contributed by atoms with van der Waals surface area (Å²) in [4.78, 5) is 71.2.